The lowest BCUT2D eigenvalue weighted by molar-refractivity contribution is -0.171. The van der Waals surface area contributed by atoms with Gasteiger partial charge in [-0.25, -0.2) is 27.2 Å². The maximum Gasteiger partial charge on any atom is 0.472 e. The van der Waals surface area contributed by atoms with Crippen LogP contribution in [0, 0.1) is 5.82 Å². The van der Waals surface area contributed by atoms with E-state index in [0.717, 1.165) is 16.9 Å². The van der Waals surface area contributed by atoms with E-state index in [1.165, 1.54) is 47.4 Å². The smallest absolute Gasteiger partial charge is 0.388 e. The zero-order valence-electron chi connectivity index (χ0n) is 20.9. The predicted molar refractivity (Wildman–Crippen MR) is 134 cm³/mol. The molecule has 2 aliphatic heterocycles. The van der Waals surface area contributed by atoms with Crippen molar-refractivity contribution in [3.8, 4) is 11.3 Å². The highest BCUT2D eigenvalue weighted by atomic mass is 32.2. The van der Waals surface area contributed by atoms with E-state index in [1.54, 1.807) is 11.9 Å². The van der Waals surface area contributed by atoms with Crippen LogP contribution in [0.1, 0.15) is 18.7 Å². The minimum absolute atomic E-state index is 0.119. The lowest BCUT2D eigenvalue weighted by Gasteiger charge is -2.25. The van der Waals surface area contributed by atoms with E-state index in [0.29, 0.717) is 16.8 Å². The zero-order chi connectivity index (χ0) is 29.7. The van der Waals surface area contributed by atoms with Crippen LogP contribution < -0.4 is 10.1 Å². The largest absolute Gasteiger partial charge is 0.472 e. The van der Waals surface area contributed by atoms with Gasteiger partial charge in [0.25, 0.3) is 10.0 Å². The Balaban J connectivity index is 1.49. The van der Waals surface area contributed by atoms with E-state index in [2.05, 4.69) is 15.5 Å². The van der Waals surface area contributed by atoms with Gasteiger partial charge < -0.3 is 14.9 Å². The first-order valence-electron chi connectivity index (χ1n) is 11.9. The molecular formula is C24H22F4N6O6S. The Morgan fingerprint density at radius 3 is 2.32 bits per heavy atom. The number of sulfonamides is 1. The first-order valence-corrected chi connectivity index (χ1v) is 13.4. The van der Waals surface area contributed by atoms with Crippen LogP contribution in [-0.2, 0) is 26.1 Å². The number of nitrogens with one attached hydrogen (secondary N) is 2. The number of fused-ring (bicyclic) bond motifs is 1. The summed E-state index contributed by atoms with van der Waals surface area (Å²) in [7, 11) is -4.83. The van der Waals surface area contributed by atoms with Gasteiger partial charge in [0.2, 0.25) is 0 Å². The number of anilines is 1. The van der Waals surface area contributed by atoms with Gasteiger partial charge in [-0.2, -0.15) is 18.3 Å². The van der Waals surface area contributed by atoms with E-state index >= 15 is 0 Å². The molecule has 218 valence electrons. The Hall–Kier alpha value is -4.06. The van der Waals surface area contributed by atoms with Gasteiger partial charge in [-0.15, -0.1) is 0 Å². The number of halogens is 4. The van der Waals surface area contributed by atoms with E-state index in [-0.39, 0.29) is 18.1 Å². The van der Waals surface area contributed by atoms with Gasteiger partial charge >= 0.3 is 12.1 Å². The second kappa shape index (κ2) is 10.4. The van der Waals surface area contributed by atoms with Gasteiger partial charge in [0, 0.05) is 11.1 Å². The summed E-state index contributed by atoms with van der Waals surface area (Å²) in [6, 6.07) is 10.1. The van der Waals surface area contributed by atoms with Crippen LogP contribution in [0.2, 0.25) is 0 Å². The molecule has 0 saturated carbocycles. The van der Waals surface area contributed by atoms with E-state index < -0.39 is 57.4 Å². The lowest BCUT2D eigenvalue weighted by atomic mass is 10.1. The second-order valence-electron chi connectivity index (χ2n) is 9.26. The number of hydrogen-bond donors (Lipinski definition) is 4. The number of rotatable bonds is 6. The fourth-order valence-electron chi connectivity index (χ4n) is 4.31. The van der Waals surface area contributed by atoms with Crippen molar-refractivity contribution in [1.82, 2.24) is 19.5 Å². The quantitative estimate of drug-likeness (QED) is 0.312. The fourth-order valence-corrected chi connectivity index (χ4v) is 5.28. The number of carbonyl (C=O) groups is 1. The van der Waals surface area contributed by atoms with Crippen LogP contribution in [-0.4, -0.2) is 70.2 Å². The molecule has 2 aromatic carbocycles. The molecule has 41 heavy (non-hydrogen) atoms. The summed E-state index contributed by atoms with van der Waals surface area (Å²) >= 11 is 0. The number of alkyl halides is 3. The van der Waals surface area contributed by atoms with Gasteiger partial charge in [0.1, 0.15) is 24.4 Å². The molecule has 0 aliphatic carbocycles. The molecule has 1 amide bonds. The Labute approximate surface area is 229 Å². The summed E-state index contributed by atoms with van der Waals surface area (Å²) < 4.78 is 83.6. The zero-order valence-corrected chi connectivity index (χ0v) is 21.8. The number of aliphatic hydroxyl groups excluding tert-OH is 2. The average molecular weight is 599 g/mol. The van der Waals surface area contributed by atoms with Crippen LogP contribution in [0.4, 0.5) is 29.1 Å². The van der Waals surface area contributed by atoms with Crippen molar-refractivity contribution in [1.29, 1.82) is 0 Å². The van der Waals surface area contributed by atoms with Crippen LogP contribution in [0.25, 0.3) is 11.3 Å². The molecule has 1 aromatic heterocycles. The Morgan fingerprint density at radius 1 is 1.07 bits per heavy atom. The number of aromatic nitrogens is 2. The summed E-state index contributed by atoms with van der Waals surface area (Å²) in [5.41, 5.74) is 4.64. The SMILES string of the molecule is C[C@H]1O[C@@H](n2nc(-c3ccc(S(=O)(=O)NC(=O)C(F)(F)F)cc3)c3c2N=CN(Nc2ccc(F)cc2)C3)[C@H](O)[C@@H]1O. The maximum atomic E-state index is 13.3. The highest BCUT2D eigenvalue weighted by molar-refractivity contribution is 7.90. The third kappa shape index (κ3) is 5.61. The van der Waals surface area contributed by atoms with Crippen LogP contribution >= 0.6 is 0 Å². The Bertz CT molecular complexity index is 1590. The summed E-state index contributed by atoms with van der Waals surface area (Å²) in [6.07, 6.45) is -8.37. The number of aliphatic imine (C=N–C) groups is 1. The molecule has 0 bridgehead atoms. The summed E-state index contributed by atoms with van der Waals surface area (Å²) in [6.45, 7) is 1.69. The molecule has 4 atom stereocenters. The number of carbonyl (C=O) groups excluding carboxylic acids is 1. The Kier molecular flexibility index (Phi) is 7.22. The van der Waals surface area contributed by atoms with Gasteiger partial charge in [0.15, 0.2) is 12.0 Å². The Morgan fingerprint density at radius 2 is 1.73 bits per heavy atom. The van der Waals surface area contributed by atoms with Gasteiger partial charge in [-0.3, -0.25) is 15.2 Å². The standard InChI is InChI=1S/C24H22F4N6O6S/c1-12-19(35)20(36)22(40-12)34-21-17(10-33(11-29-21)30-15-6-4-14(25)5-7-15)18(31-34)13-2-8-16(9-3-13)41(38,39)32-23(37)24(26,27)28/h2-9,11-12,19-20,22,30,35-36H,10H2,1H3,(H,32,37)/t12-,19-,20-,22-/m1/s1. The fraction of sp³-hybridized carbons (Fsp3) is 0.292. The van der Waals surface area contributed by atoms with Crippen molar-refractivity contribution in [2.24, 2.45) is 4.99 Å². The topological polar surface area (TPSA) is 158 Å². The number of hydrazine groups is 1. The summed E-state index contributed by atoms with van der Waals surface area (Å²) in [5.74, 6) is -2.80. The molecule has 2 aliphatic rings. The molecule has 0 spiro atoms. The van der Waals surface area contributed by atoms with Crippen LogP contribution in [0.15, 0.2) is 58.4 Å². The van der Waals surface area contributed by atoms with Crippen molar-refractivity contribution in [2.45, 2.75) is 49.1 Å². The van der Waals surface area contributed by atoms with Crippen molar-refractivity contribution in [3.63, 3.8) is 0 Å². The van der Waals surface area contributed by atoms with Gasteiger partial charge in [0.05, 0.1) is 28.9 Å². The summed E-state index contributed by atoms with van der Waals surface area (Å²) in [4.78, 5) is 15.0. The van der Waals surface area contributed by atoms with Crippen LogP contribution in [0.5, 0.6) is 0 Å². The minimum atomic E-state index is -5.40. The van der Waals surface area contributed by atoms with E-state index in [9.17, 15) is 41.0 Å². The molecule has 12 nitrogen and oxygen atoms in total. The molecule has 3 heterocycles. The van der Waals surface area contributed by atoms with E-state index in [1.807, 2.05) is 0 Å². The number of benzene rings is 2. The normalized spacial score (nSPS) is 22.5. The maximum absolute atomic E-state index is 13.3. The number of ether oxygens (including phenoxy) is 1. The van der Waals surface area contributed by atoms with Gasteiger partial charge in [-0.1, -0.05) is 12.1 Å². The monoisotopic (exact) mass is 598 g/mol. The average Bonchev–Trinajstić information content (AvgIpc) is 3.41. The van der Waals surface area contributed by atoms with Gasteiger partial charge in [-0.05, 0) is 43.3 Å². The second-order valence-corrected chi connectivity index (χ2v) is 10.9. The predicted octanol–water partition coefficient (Wildman–Crippen LogP) is 2.20. The van der Waals surface area contributed by atoms with Crippen LogP contribution in [0.3, 0.4) is 0 Å². The number of aliphatic hydroxyl groups is 2. The molecule has 1 saturated heterocycles. The number of hydrogen-bond acceptors (Lipinski definition) is 10. The third-order valence-corrected chi connectivity index (χ3v) is 7.73. The molecular weight excluding hydrogens is 576 g/mol. The first kappa shape index (κ1) is 28.5. The van der Waals surface area contributed by atoms with Crippen molar-refractivity contribution in [2.75, 3.05) is 5.43 Å². The minimum Gasteiger partial charge on any atom is -0.388 e. The van der Waals surface area contributed by atoms with Crippen molar-refractivity contribution < 1.29 is 45.7 Å². The van der Waals surface area contributed by atoms with Crippen molar-refractivity contribution in [3.05, 3.63) is 59.9 Å². The lowest BCUT2D eigenvalue weighted by Crippen LogP contribution is -2.40. The molecule has 0 unspecified atom stereocenters. The molecule has 5 rings (SSSR count). The first-order chi connectivity index (χ1) is 19.2. The molecule has 4 N–H and O–H groups in total. The highest BCUT2D eigenvalue weighted by Gasteiger charge is 2.44. The molecule has 0 radical (unpaired) electrons. The third-order valence-electron chi connectivity index (χ3n) is 6.39. The number of amides is 1. The highest BCUT2D eigenvalue weighted by Crippen LogP contribution is 2.39. The van der Waals surface area contributed by atoms with E-state index in [4.69, 9.17) is 4.74 Å². The molecule has 1 fully saturated rings. The summed E-state index contributed by atoms with van der Waals surface area (Å²) in [5, 5.41) is 26.9. The van der Waals surface area contributed by atoms with Crippen molar-refractivity contribution >= 4 is 33.8 Å². The number of nitrogens with zero attached hydrogens (tertiary/aromatic N) is 4. The molecule has 3 aromatic rings. The molecule has 17 heteroatoms.